The number of hydrogen-bond donors (Lipinski definition) is 5. The van der Waals surface area contributed by atoms with Gasteiger partial charge in [-0.15, -0.1) is 0 Å². The molecule has 10 heteroatoms. The van der Waals surface area contributed by atoms with E-state index in [2.05, 4.69) is 5.32 Å². The fourth-order valence-electron chi connectivity index (χ4n) is 4.07. The fourth-order valence-corrected chi connectivity index (χ4v) is 4.07. The molecule has 2 aromatic carbocycles. The van der Waals surface area contributed by atoms with Crippen LogP contribution in [-0.2, 0) is 32.1 Å². The molecular formula is C23H27N3O7. The summed E-state index contributed by atoms with van der Waals surface area (Å²) in [5.74, 6) is -2.11. The van der Waals surface area contributed by atoms with Crippen molar-refractivity contribution in [3.63, 3.8) is 0 Å². The van der Waals surface area contributed by atoms with E-state index >= 15 is 0 Å². The number of rotatable bonds is 9. The molecule has 0 aliphatic heterocycles. The number of carbonyl (C=O) groups is 3. The van der Waals surface area contributed by atoms with Gasteiger partial charge in [-0.3, -0.25) is 19.6 Å². The van der Waals surface area contributed by atoms with E-state index in [9.17, 15) is 24.6 Å². The lowest BCUT2D eigenvalue weighted by molar-refractivity contribution is -0.143. The average molecular weight is 457 g/mol. The van der Waals surface area contributed by atoms with Gasteiger partial charge in [-0.05, 0) is 28.8 Å². The number of phenolic OH excluding ortho intramolecular Hbond substituents is 1. The molecule has 2 aromatic rings. The summed E-state index contributed by atoms with van der Waals surface area (Å²) in [6, 6.07) is 11.7. The SMILES string of the molecule is COCC(=O)N[C@@H](CC(=O)N(Cc1cccc(O)c1)[C@H]1c2ccccc2C[C@H]1O)C(=O)NO. The van der Waals surface area contributed by atoms with E-state index in [1.54, 1.807) is 12.1 Å². The van der Waals surface area contributed by atoms with Gasteiger partial charge in [-0.25, -0.2) is 5.48 Å². The van der Waals surface area contributed by atoms with Crippen molar-refractivity contribution in [1.82, 2.24) is 15.7 Å². The van der Waals surface area contributed by atoms with E-state index in [-0.39, 0.29) is 18.9 Å². The van der Waals surface area contributed by atoms with E-state index in [1.807, 2.05) is 24.3 Å². The Labute approximate surface area is 190 Å². The van der Waals surface area contributed by atoms with Crippen LogP contribution in [0, 0.1) is 0 Å². The molecule has 3 rings (SSSR count). The largest absolute Gasteiger partial charge is 0.508 e. The zero-order chi connectivity index (χ0) is 24.0. The number of fused-ring (bicyclic) bond motifs is 1. The van der Waals surface area contributed by atoms with Gasteiger partial charge in [0.25, 0.3) is 5.91 Å². The second-order valence-corrected chi connectivity index (χ2v) is 7.84. The van der Waals surface area contributed by atoms with Crippen molar-refractivity contribution in [3.05, 3.63) is 65.2 Å². The minimum atomic E-state index is -1.36. The molecule has 1 aliphatic rings. The molecule has 0 bridgehead atoms. The van der Waals surface area contributed by atoms with Crippen LogP contribution in [0.4, 0.5) is 0 Å². The number of hydroxylamine groups is 1. The van der Waals surface area contributed by atoms with Crippen LogP contribution in [0.3, 0.4) is 0 Å². The van der Waals surface area contributed by atoms with Gasteiger partial charge in [0, 0.05) is 20.1 Å². The first-order valence-corrected chi connectivity index (χ1v) is 10.4. The third kappa shape index (κ3) is 5.86. The molecule has 10 nitrogen and oxygen atoms in total. The van der Waals surface area contributed by atoms with Crippen LogP contribution < -0.4 is 10.8 Å². The van der Waals surface area contributed by atoms with E-state index in [0.29, 0.717) is 12.0 Å². The molecule has 176 valence electrons. The third-order valence-corrected chi connectivity index (χ3v) is 5.50. The second-order valence-electron chi connectivity index (χ2n) is 7.84. The molecule has 0 saturated carbocycles. The maximum atomic E-state index is 13.5. The van der Waals surface area contributed by atoms with E-state index in [4.69, 9.17) is 9.94 Å². The number of aliphatic hydroxyl groups is 1. The van der Waals surface area contributed by atoms with Crippen LogP contribution in [0.15, 0.2) is 48.5 Å². The van der Waals surface area contributed by atoms with E-state index in [1.165, 1.54) is 29.6 Å². The lowest BCUT2D eigenvalue weighted by atomic mass is 10.0. The molecule has 0 saturated heterocycles. The van der Waals surface area contributed by atoms with Crippen LogP contribution in [0.5, 0.6) is 5.75 Å². The number of hydrogen-bond acceptors (Lipinski definition) is 7. The average Bonchev–Trinajstić information content (AvgIpc) is 3.12. The van der Waals surface area contributed by atoms with Gasteiger partial charge >= 0.3 is 0 Å². The number of ether oxygens (including phenoxy) is 1. The number of aliphatic hydroxyl groups excluding tert-OH is 1. The maximum Gasteiger partial charge on any atom is 0.266 e. The van der Waals surface area contributed by atoms with Crippen molar-refractivity contribution in [2.45, 2.75) is 37.6 Å². The first-order valence-electron chi connectivity index (χ1n) is 10.4. The van der Waals surface area contributed by atoms with Crippen LogP contribution in [0.1, 0.15) is 29.2 Å². The molecule has 33 heavy (non-hydrogen) atoms. The van der Waals surface area contributed by atoms with Gasteiger partial charge in [-0.1, -0.05) is 36.4 Å². The van der Waals surface area contributed by atoms with Crippen molar-refractivity contribution >= 4 is 17.7 Å². The highest BCUT2D eigenvalue weighted by atomic mass is 16.5. The molecule has 0 spiro atoms. The summed E-state index contributed by atoms with van der Waals surface area (Å²) in [6.45, 7) is -0.284. The molecule has 0 heterocycles. The second kappa shape index (κ2) is 10.9. The van der Waals surface area contributed by atoms with Crippen LogP contribution in [0.25, 0.3) is 0 Å². The van der Waals surface area contributed by atoms with Gasteiger partial charge in [0.1, 0.15) is 18.4 Å². The highest BCUT2D eigenvalue weighted by Crippen LogP contribution is 2.37. The summed E-state index contributed by atoms with van der Waals surface area (Å²) in [6.07, 6.45) is -0.987. The summed E-state index contributed by atoms with van der Waals surface area (Å²) >= 11 is 0. The minimum Gasteiger partial charge on any atom is -0.508 e. The minimum absolute atomic E-state index is 0.0247. The van der Waals surface area contributed by atoms with Crippen molar-refractivity contribution in [2.24, 2.45) is 0 Å². The summed E-state index contributed by atoms with van der Waals surface area (Å²) in [7, 11) is 1.31. The van der Waals surface area contributed by atoms with Gasteiger partial charge in [0.15, 0.2) is 0 Å². The number of nitrogens with zero attached hydrogens (tertiary/aromatic N) is 1. The summed E-state index contributed by atoms with van der Waals surface area (Å²) in [4.78, 5) is 38.9. The Hall–Kier alpha value is -3.47. The Morgan fingerprint density at radius 2 is 1.94 bits per heavy atom. The smallest absolute Gasteiger partial charge is 0.266 e. The zero-order valence-corrected chi connectivity index (χ0v) is 18.1. The first-order chi connectivity index (χ1) is 15.8. The molecule has 0 unspecified atom stereocenters. The molecule has 5 N–H and O–H groups in total. The predicted octanol–water partition coefficient (Wildman–Crippen LogP) is 0.406. The quantitative estimate of drug-likeness (QED) is 0.270. The Kier molecular flexibility index (Phi) is 7.99. The van der Waals surface area contributed by atoms with E-state index in [0.717, 1.165) is 11.1 Å². The highest BCUT2D eigenvalue weighted by molar-refractivity contribution is 5.92. The van der Waals surface area contributed by atoms with Gasteiger partial charge in [0.2, 0.25) is 11.8 Å². The maximum absolute atomic E-state index is 13.5. The number of amides is 3. The van der Waals surface area contributed by atoms with Crippen molar-refractivity contribution in [3.8, 4) is 5.75 Å². The highest BCUT2D eigenvalue weighted by Gasteiger charge is 2.39. The van der Waals surface area contributed by atoms with Crippen LogP contribution in [0.2, 0.25) is 0 Å². The number of benzene rings is 2. The predicted molar refractivity (Wildman–Crippen MR) is 116 cm³/mol. The monoisotopic (exact) mass is 457 g/mol. The summed E-state index contributed by atoms with van der Waals surface area (Å²) < 4.78 is 4.74. The van der Waals surface area contributed by atoms with Gasteiger partial charge in [0.05, 0.1) is 18.6 Å². The van der Waals surface area contributed by atoms with Crippen molar-refractivity contribution in [2.75, 3.05) is 13.7 Å². The lowest BCUT2D eigenvalue weighted by Crippen LogP contribution is -2.50. The third-order valence-electron chi connectivity index (χ3n) is 5.50. The molecule has 3 amide bonds. The first kappa shape index (κ1) is 24.2. The van der Waals surface area contributed by atoms with Crippen molar-refractivity contribution < 1.29 is 34.5 Å². The standard InChI is InChI=1S/C23H27N3O7/c1-33-13-20(29)24-18(23(31)25-32)11-21(30)26(12-14-5-4-7-16(27)9-14)22-17-8-3-2-6-15(17)10-19(22)28/h2-9,18-19,22,27-28,32H,10-13H2,1H3,(H,24,29)(H,25,31)/t18-,19+,22-/m0/s1. The molecule has 3 atom stereocenters. The number of methoxy groups -OCH3 is 1. The van der Waals surface area contributed by atoms with Crippen LogP contribution >= 0.6 is 0 Å². The van der Waals surface area contributed by atoms with Crippen molar-refractivity contribution in [1.29, 1.82) is 0 Å². The Balaban J connectivity index is 1.91. The normalized spacial score (nSPS) is 17.7. The fraction of sp³-hybridized carbons (Fsp3) is 0.348. The molecule has 0 aromatic heterocycles. The summed E-state index contributed by atoms with van der Waals surface area (Å²) in [5, 5.41) is 32.1. The number of carbonyl (C=O) groups excluding carboxylic acids is 3. The Bertz CT molecular complexity index is 1010. The summed E-state index contributed by atoms with van der Waals surface area (Å²) in [5.41, 5.74) is 3.76. The van der Waals surface area contributed by atoms with Gasteiger partial charge < -0.3 is 25.2 Å². The topological polar surface area (TPSA) is 148 Å². The van der Waals surface area contributed by atoms with Gasteiger partial charge in [-0.2, -0.15) is 0 Å². The van der Waals surface area contributed by atoms with E-state index < -0.39 is 42.3 Å². The Morgan fingerprint density at radius 1 is 1.18 bits per heavy atom. The molecular weight excluding hydrogens is 430 g/mol. The lowest BCUT2D eigenvalue weighted by Gasteiger charge is -2.33. The zero-order valence-electron chi connectivity index (χ0n) is 18.1. The number of nitrogens with one attached hydrogen (secondary N) is 2. The number of aromatic hydroxyl groups is 1. The number of phenols is 1. The molecule has 0 radical (unpaired) electrons. The Morgan fingerprint density at radius 3 is 2.64 bits per heavy atom. The molecule has 1 aliphatic carbocycles. The molecule has 0 fully saturated rings. The van der Waals surface area contributed by atoms with Crippen LogP contribution in [-0.4, -0.2) is 63.9 Å².